The summed E-state index contributed by atoms with van der Waals surface area (Å²) >= 11 is 0. The van der Waals surface area contributed by atoms with Crippen LogP contribution in [0.25, 0.3) is 22.6 Å². The van der Waals surface area contributed by atoms with Gasteiger partial charge in [-0.2, -0.15) is 0 Å². The van der Waals surface area contributed by atoms with Gasteiger partial charge in [-0.05, 0) is 75.1 Å². The molecule has 4 rings (SSSR count). The van der Waals surface area contributed by atoms with Crippen molar-refractivity contribution in [1.29, 1.82) is 0 Å². The van der Waals surface area contributed by atoms with Gasteiger partial charge < -0.3 is 18.8 Å². The molecule has 8 nitrogen and oxygen atoms in total. The topological polar surface area (TPSA) is 98.9 Å². The van der Waals surface area contributed by atoms with E-state index in [1.165, 1.54) is 12.1 Å². The van der Waals surface area contributed by atoms with E-state index in [9.17, 15) is 13.2 Å². The zero-order chi connectivity index (χ0) is 23.6. The van der Waals surface area contributed by atoms with Gasteiger partial charge in [0.1, 0.15) is 11.3 Å². The maximum atomic E-state index is 12.0. The molecule has 1 aliphatic heterocycles. The smallest absolute Gasteiger partial charge is 0.410 e. The number of aromatic nitrogens is 1. The van der Waals surface area contributed by atoms with E-state index < -0.39 is 9.84 Å². The molecule has 0 aliphatic carbocycles. The molecule has 2 heterocycles. The summed E-state index contributed by atoms with van der Waals surface area (Å²) in [7, 11) is -3.31. The first-order valence-corrected chi connectivity index (χ1v) is 12.9. The van der Waals surface area contributed by atoms with Crippen molar-refractivity contribution in [3.05, 3.63) is 42.5 Å². The predicted octanol–water partition coefficient (Wildman–Crippen LogP) is 4.53. The zero-order valence-electron chi connectivity index (χ0n) is 19.0. The average Bonchev–Trinajstić information content (AvgIpc) is 3.21. The Morgan fingerprint density at radius 3 is 2.48 bits per heavy atom. The number of sulfone groups is 1. The van der Waals surface area contributed by atoms with E-state index >= 15 is 0 Å². The number of oxazole rings is 1. The van der Waals surface area contributed by atoms with E-state index in [0.717, 1.165) is 30.4 Å². The number of rotatable bonds is 6. The summed E-state index contributed by atoms with van der Waals surface area (Å²) in [4.78, 5) is 18.4. The van der Waals surface area contributed by atoms with Crippen LogP contribution in [-0.2, 0) is 14.6 Å². The third-order valence-electron chi connectivity index (χ3n) is 5.58. The van der Waals surface area contributed by atoms with E-state index in [2.05, 4.69) is 4.98 Å². The Bertz CT molecular complexity index is 1230. The normalized spacial score (nSPS) is 15.2. The molecule has 0 radical (unpaired) electrons. The molecule has 1 amide bonds. The molecule has 2 aromatic carbocycles. The monoisotopic (exact) mass is 472 g/mol. The van der Waals surface area contributed by atoms with Crippen molar-refractivity contribution in [3.8, 4) is 17.2 Å². The summed E-state index contributed by atoms with van der Waals surface area (Å²) in [5.41, 5.74) is 1.80. The van der Waals surface area contributed by atoms with Crippen molar-refractivity contribution in [2.24, 2.45) is 5.92 Å². The molecule has 0 N–H and O–H groups in total. The number of amides is 1. The van der Waals surface area contributed by atoms with Crippen molar-refractivity contribution in [1.82, 2.24) is 9.88 Å². The number of fused-ring (bicyclic) bond motifs is 1. The van der Waals surface area contributed by atoms with E-state index in [-0.39, 0.29) is 17.1 Å². The van der Waals surface area contributed by atoms with Crippen molar-refractivity contribution in [2.45, 2.75) is 37.7 Å². The highest BCUT2D eigenvalue weighted by atomic mass is 32.2. The largest absolute Gasteiger partial charge is 0.493 e. The van der Waals surface area contributed by atoms with Crippen molar-refractivity contribution >= 4 is 27.0 Å². The lowest BCUT2D eigenvalue weighted by Gasteiger charge is -2.31. The number of carbonyl (C=O) groups is 1. The van der Waals surface area contributed by atoms with Gasteiger partial charge in [0.05, 0.1) is 17.6 Å². The van der Waals surface area contributed by atoms with Crippen LogP contribution < -0.4 is 4.74 Å². The quantitative estimate of drug-likeness (QED) is 0.519. The molecule has 176 valence electrons. The summed E-state index contributed by atoms with van der Waals surface area (Å²) in [5.74, 6) is 1.55. The maximum absolute atomic E-state index is 12.0. The molecule has 0 unspecified atom stereocenters. The number of nitrogens with zero attached hydrogens (tertiary/aromatic N) is 2. The van der Waals surface area contributed by atoms with Crippen LogP contribution in [-0.4, -0.2) is 56.5 Å². The van der Waals surface area contributed by atoms with Gasteiger partial charge in [-0.25, -0.2) is 18.2 Å². The van der Waals surface area contributed by atoms with Gasteiger partial charge in [-0.1, -0.05) is 0 Å². The minimum absolute atomic E-state index is 0.110. The van der Waals surface area contributed by atoms with Crippen LogP contribution in [0.2, 0.25) is 0 Å². The van der Waals surface area contributed by atoms with Crippen molar-refractivity contribution in [3.63, 3.8) is 0 Å². The molecule has 0 saturated carbocycles. The molecule has 1 aliphatic rings. The van der Waals surface area contributed by atoms with Crippen LogP contribution in [0.5, 0.6) is 5.75 Å². The maximum Gasteiger partial charge on any atom is 0.410 e. The SMILES string of the molecule is CC(C)OC(=O)N1CCC(COc2ccc(-c3nc4cc(S(C)(=O)=O)ccc4o3)cc2)CC1. The molecule has 0 bridgehead atoms. The number of benzene rings is 2. The Balaban J connectivity index is 1.33. The first kappa shape index (κ1) is 23.1. The number of ether oxygens (including phenoxy) is 2. The Hall–Kier alpha value is -3.07. The molecule has 3 aromatic rings. The van der Waals surface area contributed by atoms with Crippen LogP contribution in [0, 0.1) is 5.92 Å². The molecule has 9 heteroatoms. The Morgan fingerprint density at radius 1 is 1.15 bits per heavy atom. The van der Waals surface area contributed by atoms with Crippen LogP contribution in [0.15, 0.2) is 51.8 Å². The Labute approximate surface area is 193 Å². The van der Waals surface area contributed by atoms with Crippen LogP contribution in [0.4, 0.5) is 4.79 Å². The van der Waals surface area contributed by atoms with Crippen molar-refractivity contribution < 1.29 is 27.1 Å². The number of carbonyl (C=O) groups excluding carboxylic acids is 1. The first-order valence-electron chi connectivity index (χ1n) is 11.0. The third kappa shape index (κ3) is 5.65. The minimum Gasteiger partial charge on any atom is -0.493 e. The fourth-order valence-corrected chi connectivity index (χ4v) is 4.37. The van der Waals surface area contributed by atoms with Gasteiger partial charge in [-0.3, -0.25) is 0 Å². The molecular formula is C24H28N2O6S. The van der Waals surface area contributed by atoms with Crippen LogP contribution in [0.1, 0.15) is 26.7 Å². The third-order valence-corrected chi connectivity index (χ3v) is 6.69. The molecule has 0 spiro atoms. The van der Waals surface area contributed by atoms with E-state index in [0.29, 0.717) is 42.6 Å². The lowest BCUT2D eigenvalue weighted by Crippen LogP contribution is -2.40. The van der Waals surface area contributed by atoms with E-state index in [1.54, 1.807) is 11.0 Å². The second-order valence-electron chi connectivity index (χ2n) is 8.62. The van der Waals surface area contributed by atoms with Gasteiger partial charge in [0.25, 0.3) is 0 Å². The summed E-state index contributed by atoms with van der Waals surface area (Å²) in [5, 5.41) is 0. The van der Waals surface area contributed by atoms with Crippen molar-refractivity contribution in [2.75, 3.05) is 26.0 Å². The lowest BCUT2D eigenvalue weighted by atomic mass is 9.98. The summed E-state index contributed by atoms with van der Waals surface area (Å²) in [6.45, 7) is 5.64. The molecular weight excluding hydrogens is 444 g/mol. The summed E-state index contributed by atoms with van der Waals surface area (Å²) in [6, 6.07) is 12.1. The van der Waals surface area contributed by atoms with E-state index in [1.807, 2.05) is 38.1 Å². The number of hydrogen-bond donors (Lipinski definition) is 0. The highest BCUT2D eigenvalue weighted by Gasteiger charge is 2.24. The predicted molar refractivity (Wildman–Crippen MR) is 124 cm³/mol. The molecule has 1 aromatic heterocycles. The van der Waals surface area contributed by atoms with Crippen LogP contribution >= 0.6 is 0 Å². The first-order chi connectivity index (χ1) is 15.7. The Morgan fingerprint density at radius 2 is 1.85 bits per heavy atom. The molecule has 1 fully saturated rings. The fraction of sp³-hybridized carbons (Fsp3) is 0.417. The molecule has 0 atom stereocenters. The second-order valence-corrected chi connectivity index (χ2v) is 10.6. The molecule has 1 saturated heterocycles. The highest BCUT2D eigenvalue weighted by Crippen LogP contribution is 2.28. The van der Waals surface area contributed by atoms with Crippen LogP contribution in [0.3, 0.4) is 0 Å². The fourth-order valence-electron chi connectivity index (χ4n) is 3.73. The standard InChI is InChI=1S/C24H28N2O6S/c1-16(2)31-24(27)26-12-10-17(11-13-26)15-30-19-6-4-18(5-7-19)23-25-21-14-20(33(3,28)29)8-9-22(21)32-23/h4-9,14,16-17H,10-13,15H2,1-3H3. The number of likely N-dealkylation sites (tertiary alicyclic amines) is 1. The number of hydrogen-bond acceptors (Lipinski definition) is 7. The van der Waals surface area contributed by atoms with Gasteiger partial charge in [-0.15, -0.1) is 0 Å². The number of piperidine rings is 1. The Kier molecular flexibility index (Phi) is 6.60. The summed E-state index contributed by atoms with van der Waals surface area (Å²) < 4.78 is 40.5. The van der Waals surface area contributed by atoms with E-state index in [4.69, 9.17) is 13.9 Å². The highest BCUT2D eigenvalue weighted by molar-refractivity contribution is 7.90. The average molecular weight is 473 g/mol. The van der Waals surface area contributed by atoms with Gasteiger partial charge in [0.2, 0.25) is 5.89 Å². The van der Waals surface area contributed by atoms with Gasteiger partial charge in [0, 0.05) is 24.9 Å². The van der Waals surface area contributed by atoms with Gasteiger partial charge in [0.15, 0.2) is 15.4 Å². The molecule has 33 heavy (non-hydrogen) atoms. The lowest BCUT2D eigenvalue weighted by molar-refractivity contribution is 0.0608. The van der Waals surface area contributed by atoms with Gasteiger partial charge >= 0.3 is 6.09 Å². The second kappa shape index (κ2) is 9.43. The summed E-state index contributed by atoms with van der Waals surface area (Å²) in [6.07, 6.45) is 2.57. The zero-order valence-corrected chi connectivity index (χ0v) is 19.8. The minimum atomic E-state index is -3.31.